The van der Waals surface area contributed by atoms with Crippen molar-refractivity contribution in [2.45, 2.75) is 51.7 Å². The molecular formula is C17H25NO2. The molecule has 0 saturated heterocycles. The van der Waals surface area contributed by atoms with E-state index in [-0.39, 0.29) is 12.1 Å². The van der Waals surface area contributed by atoms with Gasteiger partial charge < -0.3 is 10.5 Å². The Labute approximate surface area is 121 Å². The van der Waals surface area contributed by atoms with E-state index in [1.807, 2.05) is 30.3 Å². The summed E-state index contributed by atoms with van der Waals surface area (Å²) in [6, 6.07) is 9.27. The summed E-state index contributed by atoms with van der Waals surface area (Å²) in [6.45, 7) is 4.45. The molecule has 0 aliphatic heterocycles. The van der Waals surface area contributed by atoms with Gasteiger partial charge in [0.15, 0.2) is 0 Å². The van der Waals surface area contributed by atoms with Crippen LogP contribution in [0.2, 0.25) is 0 Å². The molecule has 1 aromatic carbocycles. The van der Waals surface area contributed by atoms with Crippen molar-refractivity contribution < 1.29 is 9.53 Å². The fourth-order valence-electron chi connectivity index (χ4n) is 3.17. The number of benzene rings is 1. The maximum Gasteiger partial charge on any atom is 0.323 e. The van der Waals surface area contributed by atoms with E-state index in [1.165, 1.54) is 6.42 Å². The second kappa shape index (κ2) is 6.89. The minimum absolute atomic E-state index is 0.0445. The fourth-order valence-corrected chi connectivity index (χ4v) is 3.17. The molecule has 3 nitrogen and oxygen atoms in total. The molecule has 1 aliphatic carbocycles. The fraction of sp³-hybridized carbons (Fsp3) is 0.588. The number of carbonyl (C=O) groups excluding carboxylic acids is 1. The van der Waals surface area contributed by atoms with E-state index in [0.29, 0.717) is 18.3 Å². The first-order chi connectivity index (χ1) is 9.54. The van der Waals surface area contributed by atoms with Gasteiger partial charge in [0.2, 0.25) is 0 Å². The second-order valence-corrected chi connectivity index (χ2v) is 6.27. The summed E-state index contributed by atoms with van der Waals surface area (Å²) in [7, 11) is 0. The lowest BCUT2D eigenvalue weighted by atomic mass is 9.82. The average Bonchev–Trinajstić information content (AvgIpc) is 2.38. The molecular weight excluding hydrogens is 250 g/mol. The van der Waals surface area contributed by atoms with E-state index < -0.39 is 6.04 Å². The lowest BCUT2D eigenvalue weighted by molar-refractivity contribution is -0.153. The molecule has 2 rings (SSSR count). The van der Waals surface area contributed by atoms with Gasteiger partial charge in [-0.05, 0) is 43.1 Å². The molecule has 0 amide bonds. The monoisotopic (exact) mass is 275 g/mol. The molecule has 3 heteroatoms. The van der Waals surface area contributed by atoms with Crippen molar-refractivity contribution in [2.75, 3.05) is 0 Å². The Morgan fingerprint density at radius 1 is 1.20 bits per heavy atom. The normalized spacial score (nSPS) is 27.9. The molecule has 0 bridgehead atoms. The van der Waals surface area contributed by atoms with Gasteiger partial charge in [-0.25, -0.2) is 0 Å². The van der Waals surface area contributed by atoms with Gasteiger partial charge in [0.05, 0.1) is 0 Å². The first-order valence-electron chi connectivity index (χ1n) is 7.54. The van der Waals surface area contributed by atoms with E-state index in [4.69, 9.17) is 10.5 Å². The zero-order chi connectivity index (χ0) is 14.5. The number of hydrogen-bond donors (Lipinski definition) is 1. The maximum absolute atomic E-state index is 12.1. The molecule has 0 radical (unpaired) electrons. The van der Waals surface area contributed by atoms with Crippen LogP contribution in [0.3, 0.4) is 0 Å². The van der Waals surface area contributed by atoms with Gasteiger partial charge in [-0.15, -0.1) is 0 Å². The number of esters is 1. The van der Waals surface area contributed by atoms with E-state index in [1.54, 1.807) is 0 Å². The summed E-state index contributed by atoms with van der Waals surface area (Å²) < 4.78 is 5.60. The zero-order valence-corrected chi connectivity index (χ0v) is 12.4. The first-order valence-corrected chi connectivity index (χ1v) is 7.54. The van der Waals surface area contributed by atoms with Gasteiger partial charge in [0, 0.05) is 0 Å². The van der Waals surface area contributed by atoms with E-state index in [9.17, 15) is 4.79 Å². The molecule has 0 aromatic heterocycles. The van der Waals surface area contributed by atoms with Crippen molar-refractivity contribution in [3.05, 3.63) is 35.9 Å². The molecule has 110 valence electrons. The second-order valence-electron chi connectivity index (χ2n) is 6.27. The standard InChI is InChI=1S/C17H25NO2/c1-12-8-13(2)10-15(9-12)20-17(19)16(18)11-14-6-4-3-5-7-14/h3-7,12-13,15-16H,8-11,18H2,1-2H3/t12?,13?,15?,16-/m0/s1. The molecule has 1 aliphatic rings. The quantitative estimate of drug-likeness (QED) is 0.860. The summed E-state index contributed by atoms with van der Waals surface area (Å²) in [6.07, 6.45) is 3.74. The summed E-state index contributed by atoms with van der Waals surface area (Å²) in [4.78, 5) is 12.1. The molecule has 2 N–H and O–H groups in total. The first kappa shape index (κ1) is 15.0. The van der Waals surface area contributed by atoms with Crippen LogP contribution < -0.4 is 5.73 Å². The van der Waals surface area contributed by atoms with Crippen molar-refractivity contribution in [3.8, 4) is 0 Å². The topological polar surface area (TPSA) is 52.3 Å². The summed E-state index contributed by atoms with van der Waals surface area (Å²) in [5.41, 5.74) is 7.03. The van der Waals surface area contributed by atoms with Crippen molar-refractivity contribution in [1.29, 1.82) is 0 Å². The lowest BCUT2D eigenvalue weighted by Crippen LogP contribution is -2.38. The molecule has 20 heavy (non-hydrogen) atoms. The highest BCUT2D eigenvalue weighted by Crippen LogP contribution is 2.30. The predicted octanol–water partition coefficient (Wildman–Crippen LogP) is 2.92. The van der Waals surface area contributed by atoms with Crippen molar-refractivity contribution >= 4 is 5.97 Å². The third-order valence-corrected chi connectivity index (χ3v) is 4.02. The van der Waals surface area contributed by atoms with Gasteiger partial charge in [0.25, 0.3) is 0 Å². The van der Waals surface area contributed by atoms with Gasteiger partial charge in [0.1, 0.15) is 12.1 Å². The van der Waals surface area contributed by atoms with E-state index >= 15 is 0 Å². The lowest BCUT2D eigenvalue weighted by Gasteiger charge is -2.31. The smallest absolute Gasteiger partial charge is 0.323 e. The Kier molecular flexibility index (Phi) is 5.18. The molecule has 0 heterocycles. The van der Waals surface area contributed by atoms with Crippen LogP contribution in [0.15, 0.2) is 30.3 Å². The van der Waals surface area contributed by atoms with Crippen molar-refractivity contribution in [2.24, 2.45) is 17.6 Å². The van der Waals surface area contributed by atoms with Crippen molar-refractivity contribution in [3.63, 3.8) is 0 Å². The number of ether oxygens (including phenoxy) is 1. The van der Waals surface area contributed by atoms with Crippen LogP contribution in [-0.4, -0.2) is 18.1 Å². The summed E-state index contributed by atoms with van der Waals surface area (Å²) >= 11 is 0. The third-order valence-electron chi connectivity index (χ3n) is 4.02. The highest BCUT2D eigenvalue weighted by atomic mass is 16.5. The highest BCUT2D eigenvalue weighted by molar-refractivity contribution is 5.76. The van der Waals surface area contributed by atoms with Crippen LogP contribution in [0, 0.1) is 11.8 Å². The predicted molar refractivity (Wildman–Crippen MR) is 80.2 cm³/mol. The van der Waals surface area contributed by atoms with Crippen LogP contribution in [0.4, 0.5) is 0 Å². The summed E-state index contributed by atoms with van der Waals surface area (Å²) in [5.74, 6) is 0.990. The molecule has 1 fully saturated rings. The van der Waals surface area contributed by atoms with Crippen LogP contribution in [-0.2, 0) is 16.0 Å². The number of rotatable bonds is 4. The van der Waals surface area contributed by atoms with E-state index in [0.717, 1.165) is 18.4 Å². The van der Waals surface area contributed by atoms with Gasteiger partial charge in [-0.2, -0.15) is 0 Å². The summed E-state index contributed by atoms with van der Waals surface area (Å²) in [5, 5.41) is 0. The molecule has 1 saturated carbocycles. The van der Waals surface area contributed by atoms with Crippen molar-refractivity contribution in [1.82, 2.24) is 0 Å². The molecule has 3 atom stereocenters. The number of nitrogens with two attached hydrogens (primary N) is 1. The average molecular weight is 275 g/mol. The maximum atomic E-state index is 12.1. The van der Waals surface area contributed by atoms with Crippen LogP contribution in [0.25, 0.3) is 0 Å². The van der Waals surface area contributed by atoms with Gasteiger partial charge in [-0.3, -0.25) is 4.79 Å². The van der Waals surface area contributed by atoms with Gasteiger partial charge in [-0.1, -0.05) is 44.2 Å². The number of hydrogen-bond acceptors (Lipinski definition) is 3. The Bertz CT molecular complexity index is 422. The van der Waals surface area contributed by atoms with Gasteiger partial charge >= 0.3 is 5.97 Å². The van der Waals surface area contributed by atoms with Crippen LogP contribution in [0.5, 0.6) is 0 Å². The number of carbonyl (C=O) groups is 1. The highest BCUT2D eigenvalue weighted by Gasteiger charge is 2.28. The molecule has 0 spiro atoms. The third kappa shape index (κ3) is 4.34. The zero-order valence-electron chi connectivity index (χ0n) is 12.4. The Hall–Kier alpha value is -1.35. The Balaban J connectivity index is 1.84. The largest absolute Gasteiger partial charge is 0.461 e. The molecule has 2 unspecified atom stereocenters. The van der Waals surface area contributed by atoms with E-state index in [2.05, 4.69) is 13.8 Å². The SMILES string of the molecule is CC1CC(C)CC(OC(=O)[C@@H](N)Cc2ccccc2)C1. The molecule has 1 aromatic rings. The minimum Gasteiger partial charge on any atom is -0.461 e. The van der Waals surface area contributed by atoms with Crippen LogP contribution in [0.1, 0.15) is 38.7 Å². The van der Waals surface area contributed by atoms with Crippen LogP contribution >= 0.6 is 0 Å². The Morgan fingerprint density at radius 2 is 1.80 bits per heavy atom. The minimum atomic E-state index is -0.565. The Morgan fingerprint density at radius 3 is 2.40 bits per heavy atom.